The Morgan fingerprint density at radius 3 is 2.76 bits per heavy atom. The van der Waals surface area contributed by atoms with Crippen molar-refractivity contribution in [3.8, 4) is 11.3 Å². The first kappa shape index (κ1) is 19.1. The van der Waals surface area contributed by atoms with Crippen molar-refractivity contribution in [2.75, 3.05) is 11.9 Å². The standard InChI is InChI=1S/C20H21N5O3S/c1-3-20(4-2)17(27)25(18(28)23-20)12-16(26)21-14-7-5-6-13(10-14)15-11-24-8-9-29-19(24)22-15/h5-11H,3-4,12H2,1-2H3,(H,21,26)(H,23,28). The number of imidazole rings is 1. The molecular weight excluding hydrogens is 390 g/mol. The minimum Gasteiger partial charge on any atom is -0.325 e. The average molecular weight is 411 g/mol. The molecule has 150 valence electrons. The maximum atomic E-state index is 12.6. The van der Waals surface area contributed by atoms with E-state index < -0.39 is 17.5 Å². The van der Waals surface area contributed by atoms with Gasteiger partial charge in [0.05, 0.1) is 5.69 Å². The van der Waals surface area contributed by atoms with E-state index in [9.17, 15) is 14.4 Å². The van der Waals surface area contributed by atoms with Gasteiger partial charge in [-0.1, -0.05) is 26.0 Å². The molecule has 0 atom stereocenters. The average Bonchev–Trinajstić information content (AvgIpc) is 3.37. The molecule has 29 heavy (non-hydrogen) atoms. The number of rotatable bonds is 6. The minimum absolute atomic E-state index is 0.323. The van der Waals surface area contributed by atoms with Crippen LogP contribution in [0.5, 0.6) is 0 Å². The zero-order valence-electron chi connectivity index (χ0n) is 16.1. The molecule has 0 aliphatic carbocycles. The van der Waals surface area contributed by atoms with Crippen LogP contribution in [0.2, 0.25) is 0 Å². The Balaban J connectivity index is 1.47. The van der Waals surface area contributed by atoms with Gasteiger partial charge in [-0.3, -0.25) is 18.9 Å². The molecule has 1 fully saturated rings. The highest BCUT2D eigenvalue weighted by molar-refractivity contribution is 7.15. The van der Waals surface area contributed by atoms with Gasteiger partial charge in [0.2, 0.25) is 5.91 Å². The van der Waals surface area contributed by atoms with E-state index >= 15 is 0 Å². The molecule has 1 aliphatic rings. The van der Waals surface area contributed by atoms with Gasteiger partial charge in [0.15, 0.2) is 4.96 Å². The van der Waals surface area contributed by atoms with Crippen molar-refractivity contribution >= 4 is 39.8 Å². The van der Waals surface area contributed by atoms with E-state index in [1.54, 1.807) is 17.4 Å². The maximum Gasteiger partial charge on any atom is 0.325 e. The smallest absolute Gasteiger partial charge is 0.325 e. The molecule has 1 saturated heterocycles. The number of urea groups is 1. The van der Waals surface area contributed by atoms with Crippen LogP contribution in [0.15, 0.2) is 42.0 Å². The van der Waals surface area contributed by atoms with Gasteiger partial charge in [-0.15, -0.1) is 11.3 Å². The first-order valence-electron chi connectivity index (χ1n) is 9.42. The van der Waals surface area contributed by atoms with Gasteiger partial charge in [-0.2, -0.15) is 0 Å². The first-order valence-corrected chi connectivity index (χ1v) is 10.3. The normalized spacial score (nSPS) is 15.7. The first-order chi connectivity index (χ1) is 14.0. The summed E-state index contributed by atoms with van der Waals surface area (Å²) in [6, 6.07) is 6.79. The number of hydrogen-bond donors (Lipinski definition) is 2. The van der Waals surface area contributed by atoms with E-state index in [-0.39, 0.29) is 12.5 Å². The van der Waals surface area contributed by atoms with Crippen molar-refractivity contribution in [3.63, 3.8) is 0 Å². The number of nitrogens with one attached hydrogen (secondary N) is 2. The van der Waals surface area contributed by atoms with Crippen LogP contribution in [0.3, 0.4) is 0 Å². The number of amides is 4. The third kappa shape index (κ3) is 3.38. The van der Waals surface area contributed by atoms with Crippen molar-refractivity contribution in [1.82, 2.24) is 19.6 Å². The molecule has 0 saturated carbocycles. The lowest BCUT2D eigenvalue weighted by molar-refractivity contribution is -0.134. The summed E-state index contributed by atoms with van der Waals surface area (Å²) >= 11 is 1.55. The molecular formula is C20H21N5O3S. The summed E-state index contributed by atoms with van der Waals surface area (Å²) in [5.74, 6) is -0.783. The molecule has 3 heterocycles. The predicted molar refractivity (Wildman–Crippen MR) is 111 cm³/mol. The molecule has 2 N–H and O–H groups in total. The third-order valence-electron chi connectivity index (χ3n) is 5.29. The van der Waals surface area contributed by atoms with Crippen molar-refractivity contribution in [1.29, 1.82) is 0 Å². The Morgan fingerprint density at radius 2 is 2.07 bits per heavy atom. The number of carbonyl (C=O) groups is 3. The van der Waals surface area contributed by atoms with Gasteiger partial charge in [0, 0.05) is 29.0 Å². The van der Waals surface area contributed by atoms with E-state index in [2.05, 4.69) is 15.6 Å². The fourth-order valence-electron chi connectivity index (χ4n) is 3.52. The molecule has 1 aliphatic heterocycles. The number of carbonyl (C=O) groups excluding carboxylic acids is 3. The Bertz CT molecular complexity index is 1070. The Kier molecular flexibility index (Phi) is 4.83. The lowest BCUT2D eigenvalue weighted by atomic mass is 9.93. The van der Waals surface area contributed by atoms with Gasteiger partial charge >= 0.3 is 6.03 Å². The largest absolute Gasteiger partial charge is 0.325 e. The zero-order chi connectivity index (χ0) is 20.6. The van der Waals surface area contributed by atoms with Gasteiger partial charge in [-0.25, -0.2) is 9.78 Å². The lowest BCUT2D eigenvalue weighted by Gasteiger charge is -2.23. The molecule has 2 aromatic heterocycles. The minimum atomic E-state index is -0.911. The number of aromatic nitrogens is 2. The van der Waals surface area contributed by atoms with Gasteiger partial charge in [-0.05, 0) is 25.0 Å². The third-order valence-corrected chi connectivity index (χ3v) is 6.06. The van der Waals surface area contributed by atoms with E-state index in [0.29, 0.717) is 18.5 Å². The maximum absolute atomic E-state index is 12.6. The molecule has 4 rings (SSSR count). The van der Waals surface area contributed by atoms with Crippen LogP contribution in [0.1, 0.15) is 26.7 Å². The quantitative estimate of drug-likeness (QED) is 0.609. The second kappa shape index (κ2) is 7.32. The molecule has 1 aromatic carbocycles. The van der Waals surface area contributed by atoms with Crippen molar-refractivity contribution in [3.05, 3.63) is 42.0 Å². The van der Waals surface area contributed by atoms with E-state index in [1.807, 2.05) is 54.2 Å². The fraction of sp³-hybridized carbons (Fsp3) is 0.300. The lowest BCUT2D eigenvalue weighted by Crippen LogP contribution is -2.46. The Labute approximate surface area is 171 Å². The van der Waals surface area contributed by atoms with E-state index in [1.165, 1.54) is 0 Å². The molecule has 0 bridgehead atoms. The van der Waals surface area contributed by atoms with Crippen LogP contribution in [0.4, 0.5) is 10.5 Å². The van der Waals surface area contributed by atoms with Crippen LogP contribution in [-0.4, -0.2) is 44.2 Å². The summed E-state index contributed by atoms with van der Waals surface area (Å²) in [5.41, 5.74) is 1.33. The van der Waals surface area contributed by atoms with Crippen molar-refractivity contribution < 1.29 is 14.4 Å². The SMILES string of the molecule is CCC1(CC)NC(=O)N(CC(=O)Nc2cccc(-c3cn4ccsc4n3)c2)C1=O. The highest BCUT2D eigenvalue weighted by atomic mass is 32.1. The highest BCUT2D eigenvalue weighted by Gasteiger charge is 2.49. The molecule has 9 heteroatoms. The second-order valence-electron chi connectivity index (χ2n) is 6.96. The van der Waals surface area contributed by atoms with Crippen molar-refractivity contribution in [2.45, 2.75) is 32.2 Å². The highest BCUT2D eigenvalue weighted by Crippen LogP contribution is 2.26. The summed E-state index contributed by atoms with van der Waals surface area (Å²) < 4.78 is 1.94. The summed E-state index contributed by atoms with van der Waals surface area (Å²) in [7, 11) is 0. The van der Waals surface area contributed by atoms with Crippen LogP contribution in [-0.2, 0) is 9.59 Å². The van der Waals surface area contributed by atoms with Crippen molar-refractivity contribution in [2.24, 2.45) is 0 Å². The monoisotopic (exact) mass is 411 g/mol. The summed E-state index contributed by atoms with van der Waals surface area (Å²) in [5, 5.41) is 7.45. The van der Waals surface area contributed by atoms with Gasteiger partial charge < -0.3 is 10.6 Å². The van der Waals surface area contributed by atoms with Crippen LogP contribution in [0.25, 0.3) is 16.2 Å². The van der Waals surface area contributed by atoms with Crippen LogP contribution in [0, 0.1) is 0 Å². The van der Waals surface area contributed by atoms with Gasteiger partial charge in [0.1, 0.15) is 12.1 Å². The number of nitrogens with zero attached hydrogens (tertiary/aromatic N) is 3. The Hall–Kier alpha value is -3.20. The predicted octanol–water partition coefficient (Wildman–Crippen LogP) is 3.11. The zero-order valence-corrected chi connectivity index (χ0v) is 17.0. The molecule has 0 unspecified atom stereocenters. The number of benzene rings is 1. The molecule has 8 nitrogen and oxygen atoms in total. The number of imide groups is 1. The number of anilines is 1. The number of thiazole rings is 1. The summed E-state index contributed by atoms with van der Waals surface area (Å²) in [6.45, 7) is 3.37. The van der Waals surface area contributed by atoms with E-state index in [0.717, 1.165) is 21.1 Å². The summed E-state index contributed by atoms with van der Waals surface area (Å²) in [6.07, 6.45) is 4.83. The molecule has 3 aromatic rings. The fourth-order valence-corrected chi connectivity index (χ4v) is 4.22. The number of fused-ring (bicyclic) bond motifs is 1. The van der Waals surface area contributed by atoms with Crippen LogP contribution < -0.4 is 10.6 Å². The molecule has 0 radical (unpaired) electrons. The van der Waals surface area contributed by atoms with Gasteiger partial charge in [0.25, 0.3) is 5.91 Å². The molecule has 0 spiro atoms. The summed E-state index contributed by atoms with van der Waals surface area (Å²) in [4.78, 5) is 43.8. The molecule has 4 amide bonds. The Morgan fingerprint density at radius 1 is 1.28 bits per heavy atom. The second-order valence-corrected chi connectivity index (χ2v) is 7.83. The van der Waals surface area contributed by atoms with E-state index in [4.69, 9.17) is 0 Å². The topological polar surface area (TPSA) is 95.8 Å². The number of hydrogen-bond acceptors (Lipinski definition) is 5. The van der Waals surface area contributed by atoms with Crippen LogP contribution >= 0.6 is 11.3 Å².